The van der Waals surface area contributed by atoms with Crippen molar-refractivity contribution in [3.8, 4) is 5.75 Å². The number of phenolic OH excluding ortho intramolecular Hbond substituents is 1. The van der Waals surface area contributed by atoms with E-state index < -0.39 is 15.9 Å². The Bertz CT molecular complexity index is 1520. The zero-order chi connectivity index (χ0) is 25.0. The van der Waals surface area contributed by atoms with E-state index in [0.29, 0.717) is 27.4 Å². The minimum Gasteiger partial charge on any atom is -0.507 e. The second kappa shape index (κ2) is 10.2. The number of hydrogen-bond donors (Lipinski definition) is 2. The molecule has 0 fully saturated rings. The Hall–Kier alpha value is -3.88. The SMILES string of the molecule is CS(=O)(=O)N(Cc1ccccc1Cl)c1ccc(C(=O)N/N=C/c2c(O)ccc3ccccc23)cc1. The number of carbonyl (C=O) groups excluding carboxylic acids is 1. The van der Waals surface area contributed by atoms with Crippen molar-refractivity contribution in [2.75, 3.05) is 10.6 Å². The van der Waals surface area contributed by atoms with Gasteiger partial charge in [0.15, 0.2) is 0 Å². The minimum absolute atomic E-state index is 0.0467. The van der Waals surface area contributed by atoms with Gasteiger partial charge in [0.1, 0.15) is 5.75 Å². The van der Waals surface area contributed by atoms with Gasteiger partial charge in [-0.1, -0.05) is 60.1 Å². The maximum atomic E-state index is 12.6. The van der Waals surface area contributed by atoms with E-state index in [4.69, 9.17) is 11.6 Å². The largest absolute Gasteiger partial charge is 0.507 e. The highest BCUT2D eigenvalue weighted by atomic mass is 35.5. The molecule has 2 N–H and O–H groups in total. The number of carbonyl (C=O) groups is 1. The third-order valence-electron chi connectivity index (χ3n) is 5.40. The van der Waals surface area contributed by atoms with Gasteiger partial charge in [-0.3, -0.25) is 9.10 Å². The van der Waals surface area contributed by atoms with Crippen molar-refractivity contribution in [3.63, 3.8) is 0 Å². The Balaban J connectivity index is 1.51. The molecular weight excluding hydrogens is 486 g/mol. The smallest absolute Gasteiger partial charge is 0.271 e. The molecule has 0 heterocycles. The predicted octanol–water partition coefficient (Wildman–Crippen LogP) is 4.93. The number of fused-ring (bicyclic) bond motifs is 1. The van der Waals surface area contributed by atoms with Gasteiger partial charge in [0.05, 0.1) is 24.7 Å². The molecule has 0 atom stereocenters. The molecule has 0 spiro atoms. The third kappa shape index (κ3) is 5.62. The lowest BCUT2D eigenvalue weighted by Gasteiger charge is -2.23. The number of halogens is 1. The standard InChI is InChI=1S/C26H22ClN3O4S/c1-35(33,34)30(17-20-7-3-5-9-24(20)27)21-13-10-19(11-14-21)26(32)29-28-16-23-22-8-4-2-6-18(22)12-15-25(23)31/h2-16,31H,17H2,1H3,(H,29,32)/b28-16+. The molecule has 0 aliphatic heterocycles. The van der Waals surface area contributed by atoms with E-state index >= 15 is 0 Å². The van der Waals surface area contributed by atoms with Crippen LogP contribution in [0, 0.1) is 0 Å². The highest BCUT2D eigenvalue weighted by molar-refractivity contribution is 7.92. The second-order valence-corrected chi connectivity index (χ2v) is 10.1. The summed E-state index contributed by atoms with van der Waals surface area (Å²) in [5.74, 6) is -0.435. The lowest BCUT2D eigenvalue weighted by atomic mass is 10.0. The highest BCUT2D eigenvalue weighted by Crippen LogP contribution is 2.26. The Labute approximate surface area is 208 Å². The van der Waals surface area contributed by atoms with E-state index in [0.717, 1.165) is 17.0 Å². The van der Waals surface area contributed by atoms with Gasteiger partial charge in [-0.2, -0.15) is 5.10 Å². The second-order valence-electron chi connectivity index (χ2n) is 7.83. The molecule has 4 aromatic carbocycles. The fourth-order valence-electron chi connectivity index (χ4n) is 3.60. The summed E-state index contributed by atoms with van der Waals surface area (Å²) in [4.78, 5) is 12.6. The van der Waals surface area contributed by atoms with Crippen LogP contribution in [-0.2, 0) is 16.6 Å². The van der Waals surface area contributed by atoms with E-state index in [1.807, 2.05) is 24.3 Å². The van der Waals surface area contributed by atoms with Crippen molar-refractivity contribution in [2.24, 2.45) is 5.10 Å². The fraction of sp³-hybridized carbons (Fsp3) is 0.0769. The zero-order valence-corrected chi connectivity index (χ0v) is 20.3. The summed E-state index contributed by atoms with van der Waals surface area (Å²) in [7, 11) is -3.61. The maximum Gasteiger partial charge on any atom is 0.271 e. The first-order valence-corrected chi connectivity index (χ1v) is 12.8. The summed E-state index contributed by atoms with van der Waals surface area (Å²) >= 11 is 6.20. The van der Waals surface area contributed by atoms with Crippen LogP contribution in [0.25, 0.3) is 10.8 Å². The maximum absolute atomic E-state index is 12.6. The summed E-state index contributed by atoms with van der Waals surface area (Å²) in [6, 6.07) is 24.0. The van der Waals surface area contributed by atoms with Crippen molar-refractivity contribution < 1.29 is 18.3 Å². The Kier molecular flexibility index (Phi) is 7.04. The Morgan fingerprint density at radius 2 is 1.69 bits per heavy atom. The van der Waals surface area contributed by atoms with Crippen molar-refractivity contribution in [1.82, 2.24) is 5.43 Å². The van der Waals surface area contributed by atoms with Crippen LogP contribution in [-0.4, -0.2) is 31.9 Å². The average molecular weight is 508 g/mol. The van der Waals surface area contributed by atoms with Crippen molar-refractivity contribution in [2.45, 2.75) is 6.54 Å². The monoisotopic (exact) mass is 507 g/mol. The van der Waals surface area contributed by atoms with E-state index in [2.05, 4.69) is 10.5 Å². The van der Waals surface area contributed by atoms with Gasteiger partial charge in [-0.15, -0.1) is 0 Å². The lowest BCUT2D eigenvalue weighted by Crippen LogP contribution is -2.29. The van der Waals surface area contributed by atoms with E-state index in [9.17, 15) is 18.3 Å². The van der Waals surface area contributed by atoms with Gasteiger partial charge < -0.3 is 5.11 Å². The molecular formula is C26H22ClN3O4S. The van der Waals surface area contributed by atoms with Gasteiger partial charge in [0, 0.05) is 16.1 Å². The first kappa shape index (κ1) is 24.3. The van der Waals surface area contributed by atoms with Gasteiger partial charge >= 0.3 is 0 Å². The molecule has 35 heavy (non-hydrogen) atoms. The number of hydrazone groups is 1. The van der Waals surface area contributed by atoms with Gasteiger partial charge in [0.25, 0.3) is 5.91 Å². The van der Waals surface area contributed by atoms with Crippen molar-refractivity contribution in [1.29, 1.82) is 0 Å². The Morgan fingerprint density at radius 1 is 1.00 bits per heavy atom. The molecule has 9 heteroatoms. The van der Waals surface area contributed by atoms with Crippen LogP contribution in [0.5, 0.6) is 5.75 Å². The topological polar surface area (TPSA) is 99.1 Å². The highest BCUT2D eigenvalue weighted by Gasteiger charge is 2.19. The Morgan fingerprint density at radius 3 is 2.40 bits per heavy atom. The molecule has 0 radical (unpaired) electrons. The molecule has 0 saturated heterocycles. The van der Waals surface area contributed by atoms with Gasteiger partial charge in [-0.25, -0.2) is 13.8 Å². The summed E-state index contributed by atoms with van der Waals surface area (Å²) in [6.45, 7) is 0.0584. The molecule has 4 rings (SSSR count). The van der Waals surface area contributed by atoms with Crippen LogP contribution in [0.2, 0.25) is 5.02 Å². The normalized spacial score (nSPS) is 11.6. The van der Waals surface area contributed by atoms with Crippen LogP contribution < -0.4 is 9.73 Å². The molecule has 0 saturated carbocycles. The number of phenols is 1. The van der Waals surface area contributed by atoms with Crippen molar-refractivity contribution in [3.05, 3.63) is 107 Å². The summed E-state index contributed by atoms with van der Waals surface area (Å²) in [5.41, 5.74) is 4.27. The molecule has 0 unspecified atom stereocenters. The number of rotatable bonds is 7. The fourth-order valence-corrected chi connectivity index (χ4v) is 4.67. The van der Waals surface area contributed by atoms with Crippen LogP contribution in [0.15, 0.2) is 90.0 Å². The summed E-state index contributed by atoms with van der Waals surface area (Å²) in [5, 5.41) is 16.4. The number of sulfonamides is 1. The van der Waals surface area contributed by atoms with Crippen LogP contribution in [0.4, 0.5) is 5.69 Å². The van der Waals surface area contributed by atoms with Crippen molar-refractivity contribution >= 4 is 50.2 Å². The zero-order valence-electron chi connectivity index (χ0n) is 18.7. The summed E-state index contributed by atoms with van der Waals surface area (Å²) < 4.78 is 26.1. The number of anilines is 1. The molecule has 7 nitrogen and oxygen atoms in total. The number of hydrogen-bond acceptors (Lipinski definition) is 5. The molecule has 0 aliphatic rings. The van der Waals surface area contributed by atoms with Crippen LogP contribution >= 0.6 is 11.6 Å². The quantitative estimate of drug-likeness (QED) is 0.274. The van der Waals surface area contributed by atoms with E-state index in [-0.39, 0.29) is 12.3 Å². The number of nitrogens with one attached hydrogen (secondary N) is 1. The molecule has 4 aromatic rings. The summed E-state index contributed by atoms with van der Waals surface area (Å²) in [6.07, 6.45) is 2.50. The molecule has 0 bridgehead atoms. The van der Waals surface area contributed by atoms with E-state index in [1.54, 1.807) is 48.5 Å². The van der Waals surface area contributed by atoms with E-state index in [1.165, 1.54) is 22.7 Å². The third-order valence-corrected chi connectivity index (χ3v) is 6.91. The molecule has 0 aromatic heterocycles. The van der Waals surface area contributed by atoms with Gasteiger partial charge in [-0.05, 0) is 52.7 Å². The number of amides is 1. The first-order valence-electron chi connectivity index (χ1n) is 10.6. The number of benzene rings is 4. The first-order chi connectivity index (χ1) is 16.7. The molecule has 178 valence electrons. The predicted molar refractivity (Wildman–Crippen MR) is 140 cm³/mol. The molecule has 1 amide bonds. The van der Waals surface area contributed by atoms with Crippen LogP contribution in [0.1, 0.15) is 21.5 Å². The van der Waals surface area contributed by atoms with Crippen LogP contribution in [0.3, 0.4) is 0 Å². The van der Waals surface area contributed by atoms with Gasteiger partial charge in [0.2, 0.25) is 10.0 Å². The average Bonchev–Trinajstić information content (AvgIpc) is 2.84. The number of nitrogens with zero attached hydrogens (tertiary/aromatic N) is 2. The number of aromatic hydroxyl groups is 1. The lowest BCUT2D eigenvalue weighted by molar-refractivity contribution is 0.0955. The minimum atomic E-state index is -3.61. The molecule has 0 aliphatic carbocycles.